The maximum atomic E-state index is 10.4. The molecule has 1 heterocycles. The third-order valence-electron chi connectivity index (χ3n) is 2.59. The van der Waals surface area contributed by atoms with Gasteiger partial charge in [-0.2, -0.15) is 8.42 Å². The zero-order chi connectivity index (χ0) is 13.2. The van der Waals surface area contributed by atoms with Crippen molar-refractivity contribution in [1.29, 1.82) is 0 Å². The van der Waals surface area contributed by atoms with Crippen molar-refractivity contribution in [3.63, 3.8) is 0 Å². The normalized spacial score (nSPS) is 13.9. The molecule has 0 fully saturated rings. The maximum absolute atomic E-state index is 10.4. The summed E-state index contributed by atoms with van der Waals surface area (Å²) in [6.07, 6.45) is 2.29. The number of hydrogen-bond donors (Lipinski definition) is 3. The van der Waals surface area contributed by atoms with Gasteiger partial charge in [0.15, 0.2) is 0 Å². The molecule has 0 aliphatic carbocycles. The van der Waals surface area contributed by atoms with Gasteiger partial charge in [0, 0.05) is 23.1 Å². The third kappa shape index (κ3) is 3.30. The number of fused-ring (bicyclic) bond motifs is 1. The Morgan fingerprint density at radius 1 is 1.39 bits per heavy atom. The van der Waals surface area contributed by atoms with Gasteiger partial charge in [0.25, 0.3) is 0 Å². The fourth-order valence-electron chi connectivity index (χ4n) is 1.82. The van der Waals surface area contributed by atoms with Gasteiger partial charge in [-0.05, 0) is 18.1 Å². The Balaban J connectivity index is 2.05. The summed E-state index contributed by atoms with van der Waals surface area (Å²) in [5.41, 5.74) is 7.73. The Morgan fingerprint density at radius 2 is 2.11 bits per heavy atom. The van der Waals surface area contributed by atoms with E-state index in [1.807, 2.05) is 30.5 Å². The zero-order valence-electron chi connectivity index (χ0n) is 9.54. The van der Waals surface area contributed by atoms with Crippen molar-refractivity contribution in [3.8, 4) is 0 Å². The largest absolute Gasteiger partial charge is 0.397 e. The Morgan fingerprint density at radius 3 is 2.83 bits per heavy atom. The van der Waals surface area contributed by atoms with Crippen LogP contribution >= 0.6 is 0 Å². The summed E-state index contributed by atoms with van der Waals surface area (Å²) >= 11 is 0. The van der Waals surface area contributed by atoms with Crippen molar-refractivity contribution in [3.05, 3.63) is 36.0 Å². The first-order valence-electron chi connectivity index (χ1n) is 5.38. The number of aromatic amines is 1. The van der Waals surface area contributed by atoms with E-state index in [-0.39, 0.29) is 6.61 Å². The summed E-state index contributed by atoms with van der Waals surface area (Å²) in [6, 6.07) is 7.23. The average molecular weight is 270 g/mol. The van der Waals surface area contributed by atoms with Crippen molar-refractivity contribution < 1.29 is 17.2 Å². The van der Waals surface area contributed by atoms with Crippen LogP contribution in [-0.2, 0) is 21.0 Å². The van der Waals surface area contributed by atoms with E-state index >= 15 is 0 Å². The average Bonchev–Trinajstić information content (AvgIpc) is 2.70. The Kier molecular flexibility index (Phi) is 3.67. The summed E-state index contributed by atoms with van der Waals surface area (Å²) in [5.74, 6) is 0. The molecule has 1 unspecified atom stereocenters. The van der Waals surface area contributed by atoms with Crippen LogP contribution in [0.3, 0.4) is 0 Å². The number of H-pyrrole nitrogens is 1. The monoisotopic (exact) mass is 270 g/mol. The molecular formula is C11H14N2O4S. The van der Waals surface area contributed by atoms with Crippen LogP contribution in [0, 0.1) is 0 Å². The minimum Gasteiger partial charge on any atom is -0.361 e. The minimum atomic E-state index is -4.43. The van der Waals surface area contributed by atoms with Gasteiger partial charge in [0.1, 0.15) is 0 Å². The van der Waals surface area contributed by atoms with Crippen molar-refractivity contribution in [2.24, 2.45) is 5.73 Å². The first-order chi connectivity index (χ1) is 8.46. The molecule has 0 aliphatic heterocycles. The van der Waals surface area contributed by atoms with Crippen LogP contribution in [0.4, 0.5) is 0 Å². The predicted molar refractivity (Wildman–Crippen MR) is 67.5 cm³/mol. The van der Waals surface area contributed by atoms with Crippen LogP contribution in [0.5, 0.6) is 0 Å². The molecule has 7 heteroatoms. The number of para-hydroxylation sites is 1. The molecule has 2 aromatic rings. The SMILES string of the molecule is NC(COS(=O)(=O)O)Cc1c[nH]c2ccccc12. The number of nitrogens with two attached hydrogens (primary N) is 1. The summed E-state index contributed by atoms with van der Waals surface area (Å²) in [7, 11) is -4.43. The van der Waals surface area contributed by atoms with Crippen LogP contribution in [0.25, 0.3) is 10.9 Å². The van der Waals surface area contributed by atoms with Crippen LogP contribution in [0.2, 0.25) is 0 Å². The molecule has 0 amide bonds. The van der Waals surface area contributed by atoms with Crippen LogP contribution < -0.4 is 5.73 Å². The molecule has 0 radical (unpaired) electrons. The molecule has 2 rings (SSSR count). The van der Waals surface area contributed by atoms with Crippen molar-refractivity contribution in [1.82, 2.24) is 4.98 Å². The molecule has 0 aliphatic rings. The molecule has 1 atom stereocenters. The molecule has 0 spiro atoms. The smallest absolute Gasteiger partial charge is 0.361 e. The van der Waals surface area contributed by atoms with Gasteiger partial charge in [-0.15, -0.1) is 0 Å². The molecule has 6 nitrogen and oxygen atoms in total. The van der Waals surface area contributed by atoms with E-state index in [0.29, 0.717) is 6.42 Å². The van der Waals surface area contributed by atoms with Crippen molar-refractivity contribution in [2.45, 2.75) is 12.5 Å². The van der Waals surface area contributed by atoms with Crippen LogP contribution in [0.1, 0.15) is 5.56 Å². The Labute approximate surface area is 105 Å². The standard InChI is InChI=1S/C11H14N2O4S/c12-9(7-17-18(14,15)16)5-8-6-13-11-4-2-1-3-10(8)11/h1-4,6,9,13H,5,7,12H2,(H,14,15,16). The molecule has 18 heavy (non-hydrogen) atoms. The minimum absolute atomic E-state index is 0.252. The zero-order valence-corrected chi connectivity index (χ0v) is 10.4. The van der Waals surface area contributed by atoms with E-state index in [2.05, 4.69) is 9.17 Å². The van der Waals surface area contributed by atoms with Crippen molar-refractivity contribution in [2.75, 3.05) is 6.61 Å². The summed E-state index contributed by atoms with van der Waals surface area (Å²) in [4.78, 5) is 3.10. The molecule has 0 bridgehead atoms. The topological polar surface area (TPSA) is 105 Å². The van der Waals surface area contributed by atoms with Gasteiger partial charge < -0.3 is 10.7 Å². The first kappa shape index (κ1) is 13.0. The van der Waals surface area contributed by atoms with Crippen LogP contribution in [-0.4, -0.2) is 30.6 Å². The number of benzene rings is 1. The Bertz CT molecular complexity index is 635. The predicted octanol–water partition coefficient (Wildman–Crippen LogP) is 0.857. The Hall–Kier alpha value is -1.41. The quantitative estimate of drug-likeness (QED) is 0.699. The van der Waals surface area contributed by atoms with Crippen molar-refractivity contribution >= 4 is 21.3 Å². The lowest BCUT2D eigenvalue weighted by atomic mass is 10.1. The van der Waals surface area contributed by atoms with E-state index in [4.69, 9.17) is 10.3 Å². The number of hydrogen-bond acceptors (Lipinski definition) is 4. The summed E-state index contributed by atoms with van der Waals surface area (Å²) < 4.78 is 33.5. The lowest BCUT2D eigenvalue weighted by Crippen LogP contribution is -2.29. The molecule has 0 saturated carbocycles. The molecule has 1 aromatic carbocycles. The number of rotatable bonds is 5. The second-order valence-electron chi connectivity index (χ2n) is 4.04. The van der Waals surface area contributed by atoms with Gasteiger partial charge in [-0.3, -0.25) is 4.55 Å². The molecule has 98 valence electrons. The first-order valence-corrected chi connectivity index (χ1v) is 6.74. The second kappa shape index (κ2) is 5.07. The van der Waals surface area contributed by atoms with Gasteiger partial charge >= 0.3 is 10.4 Å². The number of nitrogens with one attached hydrogen (secondary N) is 1. The lowest BCUT2D eigenvalue weighted by molar-refractivity contribution is 0.250. The molecule has 0 saturated heterocycles. The maximum Gasteiger partial charge on any atom is 0.397 e. The highest BCUT2D eigenvalue weighted by molar-refractivity contribution is 7.80. The van der Waals surface area contributed by atoms with E-state index in [9.17, 15) is 8.42 Å². The summed E-state index contributed by atoms with van der Waals surface area (Å²) in [5, 5.41) is 1.04. The number of aromatic nitrogens is 1. The summed E-state index contributed by atoms with van der Waals surface area (Å²) in [6.45, 7) is -0.252. The third-order valence-corrected chi connectivity index (χ3v) is 3.02. The van der Waals surface area contributed by atoms with E-state index < -0.39 is 16.4 Å². The van der Waals surface area contributed by atoms with Gasteiger partial charge in [0.05, 0.1) is 6.61 Å². The van der Waals surface area contributed by atoms with Gasteiger partial charge in [0.2, 0.25) is 0 Å². The van der Waals surface area contributed by atoms with E-state index in [1.54, 1.807) is 0 Å². The fraction of sp³-hybridized carbons (Fsp3) is 0.273. The fourth-order valence-corrected chi connectivity index (χ4v) is 2.16. The van der Waals surface area contributed by atoms with Crippen LogP contribution in [0.15, 0.2) is 30.5 Å². The van der Waals surface area contributed by atoms with Gasteiger partial charge in [-0.25, -0.2) is 4.18 Å². The molecular weight excluding hydrogens is 256 g/mol. The molecule has 1 aromatic heterocycles. The highest BCUT2D eigenvalue weighted by atomic mass is 32.3. The lowest BCUT2D eigenvalue weighted by Gasteiger charge is -2.09. The highest BCUT2D eigenvalue weighted by Gasteiger charge is 2.12. The van der Waals surface area contributed by atoms with E-state index in [0.717, 1.165) is 16.5 Å². The van der Waals surface area contributed by atoms with E-state index in [1.165, 1.54) is 0 Å². The highest BCUT2D eigenvalue weighted by Crippen LogP contribution is 2.18. The second-order valence-corrected chi connectivity index (χ2v) is 5.13. The molecule has 4 N–H and O–H groups in total. The van der Waals surface area contributed by atoms with Gasteiger partial charge in [-0.1, -0.05) is 18.2 Å².